The highest BCUT2D eigenvalue weighted by Gasteiger charge is 2.23. The Morgan fingerprint density at radius 1 is 1.10 bits per heavy atom. The van der Waals surface area contributed by atoms with Gasteiger partial charge in [0.05, 0.1) is 12.6 Å². The first-order valence-corrected chi connectivity index (χ1v) is 6.93. The van der Waals surface area contributed by atoms with Gasteiger partial charge in [-0.15, -0.1) is 0 Å². The molecule has 0 bridgehead atoms. The van der Waals surface area contributed by atoms with Crippen LogP contribution in [-0.2, 0) is 9.59 Å². The second-order valence-electron chi connectivity index (χ2n) is 4.81. The summed E-state index contributed by atoms with van der Waals surface area (Å²) in [7, 11) is 0. The normalized spacial score (nSPS) is 12.2. The van der Waals surface area contributed by atoms with Crippen molar-refractivity contribution in [2.45, 2.75) is 46.7 Å². The molecule has 0 spiro atoms. The van der Waals surface area contributed by atoms with Gasteiger partial charge < -0.3 is 10.6 Å². The summed E-state index contributed by atoms with van der Waals surface area (Å²) in [5, 5.41) is 7.50. The Bertz CT molecular complexity index is 345. The molecule has 0 heterocycles. The molecule has 0 rings (SSSR count). The summed E-state index contributed by atoms with van der Waals surface area (Å²) in [6.45, 7) is 10.1. The molecule has 1 unspecified atom stereocenters. The largest absolute Gasteiger partial charge is 0.353 e. The number of likely N-dealkylation sites (N-methyl/N-ethyl adjacent to an activating group) is 1. The highest BCUT2D eigenvalue weighted by atomic mass is 16.2. The van der Waals surface area contributed by atoms with Gasteiger partial charge in [-0.25, -0.2) is 4.79 Å². The van der Waals surface area contributed by atoms with Crippen molar-refractivity contribution in [3.8, 4) is 0 Å². The molecule has 116 valence electrons. The van der Waals surface area contributed by atoms with E-state index in [4.69, 9.17) is 0 Å². The monoisotopic (exact) mass is 286 g/mol. The Labute approximate surface area is 120 Å². The van der Waals surface area contributed by atoms with Gasteiger partial charge in [0.1, 0.15) is 0 Å². The highest BCUT2D eigenvalue weighted by molar-refractivity contribution is 5.97. The van der Waals surface area contributed by atoms with Gasteiger partial charge in [0.2, 0.25) is 11.8 Å². The topological polar surface area (TPSA) is 90.5 Å². The van der Waals surface area contributed by atoms with Crippen LogP contribution in [0.1, 0.15) is 34.6 Å². The van der Waals surface area contributed by atoms with Crippen molar-refractivity contribution in [3.63, 3.8) is 0 Å². The molecular weight excluding hydrogens is 260 g/mol. The maximum Gasteiger partial charge on any atom is 0.321 e. The van der Waals surface area contributed by atoms with Crippen LogP contribution >= 0.6 is 0 Å². The molecule has 20 heavy (non-hydrogen) atoms. The van der Waals surface area contributed by atoms with Gasteiger partial charge in [-0.05, 0) is 34.2 Å². The van der Waals surface area contributed by atoms with Crippen LogP contribution < -0.4 is 16.0 Å². The van der Waals surface area contributed by atoms with Crippen LogP contribution in [0.25, 0.3) is 0 Å². The summed E-state index contributed by atoms with van der Waals surface area (Å²) in [6.07, 6.45) is 0. The zero-order valence-corrected chi connectivity index (χ0v) is 12.9. The molecule has 0 aromatic heterocycles. The number of carbonyl (C=O) groups is 3. The third-order valence-corrected chi connectivity index (χ3v) is 2.70. The van der Waals surface area contributed by atoms with Crippen molar-refractivity contribution in [3.05, 3.63) is 0 Å². The van der Waals surface area contributed by atoms with Gasteiger partial charge in [0.25, 0.3) is 0 Å². The van der Waals surface area contributed by atoms with Crippen LogP contribution in [0, 0.1) is 0 Å². The fraction of sp³-hybridized carbons (Fsp3) is 0.769. The van der Waals surface area contributed by atoms with E-state index in [1.165, 1.54) is 0 Å². The Balaban J connectivity index is 4.45. The lowest BCUT2D eigenvalue weighted by Gasteiger charge is -2.26. The van der Waals surface area contributed by atoms with Crippen molar-refractivity contribution >= 4 is 17.8 Å². The molecule has 7 nitrogen and oxygen atoms in total. The quantitative estimate of drug-likeness (QED) is 0.617. The second kappa shape index (κ2) is 9.30. The number of nitrogens with zero attached hydrogens (tertiary/aromatic N) is 1. The number of nitrogens with one attached hydrogen (secondary N) is 3. The van der Waals surface area contributed by atoms with Crippen LogP contribution in [-0.4, -0.2) is 54.5 Å². The summed E-state index contributed by atoms with van der Waals surface area (Å²) in [5.74, 6) is -0.561. The van der Waals surface area contributed by atoms with Crippen LogP contribution in [0.5, 0.6) is 0 Å². The highest BCUT2D eigenvalue weighted by Crippen LogP contribution is 1.99. The van der Waals surface area contributed by atoms with E-state index in [-0.39, 0.29) is 18.5 Å². The van der Waals surface area contributed by atoms with Crippen molar-refractivity contribution in [2.75, 3.05) is 19.6 Å². The lowest BCUT2D eigenvalue weighted by atomic mass is 10.2. The smallest absolute Gasteiger partial charge is 0.321 e. The van der Waals surface area contributed by atoms with Crippen molar-refractivity contribution < 1.29 is 14.4 Å². The molecule has 0 aliphatic carbocycles. The molecule has 0 saturated carbocycles. The van der Waals surface area contributed by atoms with E-state index in [1.807, 2.05) is 20.8 Å². The molecule has 0 fully saturated rings. The van der Waals surface area contributed by atoms with E-state index in [2.05, 4.69) is 16.0 Å². The van der Waals surface area contributed by atoms with E-state index in [9.17, 15) is 14.4 Å². The van der Waals surface area contributed by atoms with Crippen LogP contribution in [0.15, 0.2) is 0 Å². The summed E-state index contributed by atoms with van der Waals surface area (Å²) >= 11 is 0. The Kier molecular flexibility index (Phi) is 8.54. The second-order valence-corrected chi connectivity index (χ2v) is 4.81. The SMILES string of the molecule is CCNC(=O)NC(=O)C(C)N(CC)CC(=O)NC(C)C. The molecule has 4 amide bonds. The van der Waals surface area contributed by atoms with Crippen LogP contribution in [0.3, 0.4) is 0 Å². The van der Waals surface area contributed by atoms with Crippen LogP contribution in [0.4, 0.5) is 4.79 Å². The molecule has 7 heteroatoms. The number of hydrogen-bond donors (Lipinski definition) is 3. The van der Waals surface area contributed by atoms with Gasteiger partial charge in [0.15, 0.2) is 0 Å². The average molecular weight is 286 g/mol. The fourth-order valence-corrected chi connectivity index (χ4v) is 1.66. The van der Waals surface area contributed by atoms with Crippen molar-refractivity contribution in [1.29, 1.82) is 0 Å². The van der Waals surface area contributed by atoms with E-state index in [1.54, 1.807) is 18.7 Å². The minimum Gasteiger partial charge on any atom is -0.353 e. The number of rotatable bonds is 7. The lowest BCUT2D eigenvalue weighted by molar-refractivity contribution is -0.127. The summed E-state index contributed by atoms with van der Waals surface area (Å²) in [4.78, 5) is 36.6. The first kappa shape index (κ1) is 18.4. The predicted octanol–water partition coefficient (Wildman–Crippen LogP) is 0.0671. The summed E-state index contributed by atoms with van der Waals surface area (Å²) < 4.78 is 0. The van der Waals surface area contributed by atoms with Gasteiger partial charge in [-0.1, -0.05) is 6.92 Å². The van der Waals surface area contributed by atoms with E-state index in [0.717, 1.165) is 0 Å². The maximum atomic E-state index is 11.9. The molecule has 0 aliphatic heterocycles. The first-order valence-electron chi connectivity index (χ1n) is 6.93. The Morgan fingerprint density at radius 3 is 2.15 bits per heavy atom. The number of hydrogen-bond acceptors (Lipinski definition) is 4. The molecule has 3 N–H and O–H groups in total. The van der Waals surface area contributed by atoms with E-state index < -0.39 is 18.0 Å². The molecule has 0 aromatic carbocycles. The van der Waals surface area contributed by atoms with Crippen molar-refractivity contribution in [1.82, 2.24) is 20.9 Å². The van der Waals surface area contributed by atoms with E-state index >= 15 is 0 Å². The van der Waals surface area contributed by atoms with Crippen molar-refractivity contribution in [2.24, 2.45) is 0 Å². The number of imide groups is 1. The predicted molar refractivity (Wildman–Crippen MR) is 77.2 cm³/mol. The fourth-order valence-electron chi connectivity index (χ4n) is 1.66. The Morgan fingerprint density at radius 2 is 1.70 bits per heavy atom. The van der Waals surface area contributed by atoms with Crippen LogP contribution in [0.2, 0.25) is 0 Å². The standard InChI is InChI=1S/C13H26N4O3/c1-6-14-13(20)16-12(19)10(5)17(7-2)8-11(18)15-9(3)4/h9-10H,6-8H2,1-5H3,(H,15,18)(H2,14,16,19,20). The Hall–Kier alpha value is -1.63. The number of amides is 4. The number of carbonyl (C=O) groups excluding carboxylic acids is 3. The number of urea groups is 1. The summed E-state index contributed by atoms with van der Waals surface area (Å²) in [6, 6.07) is -1.02. The van der Waals surface area contributed by atoms with Gasteiger partial charge >= 0.3 is 6.03 Å². The zero-order chi connectivity index (χ0) is 15.7. The maximum absolute atomic E-state index is 11.9. The minimum atomic E-state index is -0.555. The molecule has 0 aromatic rings. The molecular formula is C13H26N4O3. The molecule has 0 saturated heterocycles. The zero-order valence-electron chi connectivity index (χ0n) is 12.9. The third-order valence-electron chi connectivity index (χ3n) is 2.70. The van der Waals surface area contributed by atoms with Gasteiger partial charge in [0, 0.05) is 12.6 Å². The van der Waals surface area contributed by atoms with Gasteiger partial charge in [-0.2, -0.15) is 0 Å². The van der Waals surface area contributed by atoms with E-state index in [0.29, 0.717) is 13.1 Å². The lowest BCUT2D eigenvalue weighted by Crippen LogP contribution is -2.52. The van der Waals surface area contributed by atoms with Gasteiger partial charge in [-0.3, -0.25) is 19.8 Å². The summed E-state index contributed by atoms with van der Waals surface area (Å²) in [5.41, 5.74) is 0. The molecule has 1 atom stereocenters. The molecule has 0 radical (unpaired) electrons. The first-order chi connectivity index (χ1) is 9.31. The third kappa shape index (κ3) is 7.08. The minimum absolute atomic E-state index is 0.0562. The average Bonchev–Trinajstić information content (AvgIpc) is 2.34. The molecule has 0 aliphatic rings.